The van der Waals surface area contributed by atoms with Gasteiger partial charge >= 0.3 is 0 Å². The Balaban J connectivity index is 2.23. The van der Waals surface area contributed by atoms with E-state index in [4.69, 9.17) is 0 Å². The largest absolute Gasteiger partial charge is 0.508 e. The van der Waals surface area contributed by atoms with Crippen LogP contribution in [0.25, 0.3) is 0 Å². The van der Waals surface area contributed by atoms with Crippen LogP contribution in [0.2, 0.25) is 0 Å². The van der Waals surface area contributed by atoms with Crippen LogP contribution in [0.15, 0.2) is 24.3 Å². The van der Waals surface area contributed by atoms with E-state index in [0.29, 0.717) is 0 Å². The van der Waals surface area contributed by atoms with Crippen molar-refractivity contribution in [2.24, 2.45) is 0 Å². The predicted molar refractivity (Wildman–Crippen MR) is 57.5 cm³/mol. The zero-order valence-electron chi connectivity index (χ0n) is 9.06. The van der Waals surface area contributed by atoms with Crippen LogP contribution in [0.1, 0.15) is 31.4 Å². The number of hydrogen-bond donors (Lipinski definition) is 2. The number of benzene rings is 1. The van der Waals surface area contributed by atoms with Crippen LogP contribution in [0.3, 0.4) is 0 Å². The Kier molecular flexibility index (Phi) is 2.67. The van der Waals surface area contributed by atoms with Gasteiger partial charge in [-0.25, -0.2) is 5.21 Å². The van der Waals surface area contributed by atoms with Gasteiger partial charge in [0.25, 0.3) is 0 Å². The van der Waals surface area contributed by atoms with E-state index in [1.165, 1.54) is 0 Å². The molecule has 2 rings (SSSR count). The van der Waals surface area contributed by atoms with Gasteiger partial charge in [-0.2, -0.15) is 4.65 Å². The minimum Gasteiger partial charge on any atom is -0.508 e. The summed E-state index contributed by atoms with van der Waals surface area (Å²) in [6, 6.07) is 7.21. The third-order valence-electron chi connectivity index (χ3n) is 3.41. The maximum atomic E-state index is 10.4. The van der Waals surface area contributed by atoms with Crippen molar-refractivity contribution in [3.8, 4) is 5.75 Å². The number of nitrogens with zero attached hydrogens (tertiary/aromatic N) is 1. The monoisotopic (exact) mass is 208 g/mol. The van der Waals surface area contributed by atoms with Crippen LogP contribution in [0.5, 0.6) is 5.75 Å². The molecule has 0 aromatic heterocycles. The van der Waals surface area contributed by atoms with E-state index in [1.54, 1.807) is 12.1 Å². The van der Waals surface area contributed by atoms with Gasteiger partial charge in [0, 0.05) is 18.4 Å². The van der Waals surface area contributed by atoms with Gasteiger partial charge in [-0.1, -0.05) is 12.1 Å². The second-order valence-electron chi connectivity index (χ2n) is 4.41. The summed E-state index contributed by atoms with van der Waals surface area (Å²) in [5, 5.41) is 19.8. The van der Waals surface area contributed by atoms with Gasteiger partial charge in [0.1, 0.15) is 24.9 Å². The van der Waals surface area contributed by atoms with Gasteiger partial charge in [-0.3, -0.25) is 0 Å². The predicted octanol–water partition coefficient (Wildman–Crippen LogP) is 2.45. The van der Waals surface area contributed by atoms with Gasteiger partial charge in [-0.15, -0.1) is 0 Å². The van der Waals surface area contributed by atoms with Gasteiger partial charge < -0.3 is 5.11 Å². The molecule has 1 aromatic rings. The Morgan fingerprint density at radius 1 is 1.27 bits per heavy atom. The number of hydrogen-bond acceptors (Lipinski definition) is 2. The quantitative estimate of drug-likeness (QED) is 0.733. The maximum Gasteiger partial charge on any atom is 0.142 e. The molecule has 1 aliphatic rings. The van der Waals surface area contributed by atoms with Gasteiger partial charge in [0.05, 0.1) is 0 Å². The fraction of sp³-hybridized carbons (Fsp3) is 0.500. The molecule has 1 unspecified atom stereocenters. The van der Waals surface area contributed by atoms with E-state index in [9.17, 15) is 10.3 Å². The van der Waals surface area contributed by atoms with Gasteiger partial charge in [0.15, 0.2) is 0 Å². The molecular formula is C12H18NO2+. The SMILES string of the molecule is CC(c1cccc(O)c1)[N+]1(O)CCCC1. The molecule has 1 heterocycles. The van der Waals surface area contributed by atoms with Crippen LogP contribution >= 0.6 is 0 Å². The van der Waals surface area contributed by atoms with Crippen molar-refractivity contribution in [2.45, 2.75) is 25.8 Å². The molecule has 3 nitrogen and oxygen atoms in total. The number of aromatic hydroxyl groups is 1. The van der Waals surface area contributed by atoms with E-state index < -0.39 is 0 Å². The van der Waals surface area contributed by atoms with Crippen molar-refractivity contribution in [3.63, 3.8) is 0 Å². The zero-order valence-corrected chi connectivity index (χ0v) is 9.06. The van der Waals surface area contributed by atoms with Crippen LogP contribution in [0.4, 0.5) is 0 Å². The highest BCUT2D eigenvalue weighted by Gasteiger charge is 2.37. The molecule has 82 valence electrons. The lowest BCUT2D eigenvalue weighted by atomic mass is 10.1. The Morgan fingerprint density at radius 2 is 1.93 bits per heavy atom. The summed E-state index contributed by atoms with van der Waals surface area (Å²) in [7, 11) is 0. The summed E-state index contributed by atoms with van der Waals surface area (Å²) in [4.78, 5) is 0. The summed E-state index contributed by atoms with van der Waals surface area (Å²) in [6.07, 6.45) is 2.17. The number of hydroxylamine groups is 3. The van der Waals surface area contributed by atoms with Crippen molar-refractivity contribution in [3.05, 3.63) is 29.8 Å². The van der Waals surface area contributed by atoms with E-state index in [0.717, 1.165) is 31.5 Å². The molecule has 0 amide bonds. The van der Waals surface area contributed by atoms with Crippen LogP contribution in [0, 0.1) is 0 Å². The van der Waals surface area contributed by atoms with Crippen molar-refractivity contribution in [2.75, 3.05) is 13.1 Å². The Labute approximate surface area is 90.1 Å². The first-order valence-electron chi connectivity index (χ1n) is 5.50. The highest BCUT2D eigenvalue weighted by atomic mass is 16.5. The molecule has 15 heavy (non-hydrogen) atoms. The fourth-order valence-electron chi connectivity index (χ4n) is 2.33. The molecule has 0 bridgehead atoms. The maximum absolute atomic E-state index is 10.4. The van der Waals surface area contributed by atoms with Crippen molar-refractivity contribution in [1.82, 2.24) is 0 Å². The Morgan fingerprint density at radius 3 is 2.53 bits per heavy atom. The summed E-state index contributed by atoms with van der Waals surface area (Å²) in [5.74, 6) is 0.269. The first kappa shape index (κ1) is 10.5. The molecule has 1 fully saturated rings. The van der Waals surface area contributed by atoms with Crippen LogP contribution in [-0.2, 0) is 0 Å². The van der Waals surface area contributed by atoms with Crippen molar-refractivity contribution >= 4 is 0 Å². The van der Waals surface area contributed by atoms with Gasteiger partial charge in [0.2, 0.25) is 0 Å². The Bertz CT molecular complexity index is 345. The number of phenols is 1. The molecule has 0 radical (unpaired) electrons. The number of quaternary nitrogens is 1. The standard InChI is InChI=1S/C12H17NO2/c1-10(13(15)7-2-3-8-13)11-5-4-6-12(14)9-11/h4-6,9-10,15H,2-3,7-8H2,1H3/p+1. The third-order valence-corrected chi connectivity index (χ3v) is 3.41. The minimum atomic E-state index is 0.0413. The molecule has 0 spiro atoms. The summed E-state index contributed by atoms with van der Waals surface area (Å²) >= 11 is 0. The highest BCUT2D eigenvalue weighted by molar-refractivity contribution is 5.28. The first-order chi connectivity index (χ1) is 7.12. The molecule has 0 aliphatic carbocycles. The van der Waals surface area contributed by atoms with Crippen LogP contribution < -0.4 is 0 Å². The van der Waals surface area contributed by atoms with E-state index in [-0.39, 0.29) is 16.4 Å². The lowest BCUT2D eigenvalue weighted by Crippen LogP contribution is -2.43. The van der Waals surface area contributed by atoms with Crippen molar-refractivity contribution < 1.29 is 15.0 Å². The molecule has 0 saturated carbocycles. The second kappa shape index (κ2) is 3.83. The molecule has 1 aromatic carbocycles. The molecular weight excluding hydrogens is 190 g/mol. The second-order valence-corrected chi connectivity index (χ2v) is 4.41. The van der Waals surface area contributed by atoms with E-state index >= 15 is 0 Å². The lowest BCUT2D eigenvalue weighted by molar-refractivity contribution is -1.12. The normalized spacial score (nSPS) is 21.5. The van der Waals surface area contributed by atoms with E-state index in [2.05, 4.69) is 0 Å². The molecule has 2 N–H and O–H groups in total. The number of phenolic OH excluding ortho intramolecular Hbond substituents is 1. The minimum absolute atomic E-state index is 0.0413. The Hall–Kier alpha value is -1.06. The molecule has 3 heteroatoms. The van der Waals surface area contributed by atoms with Gasteiger partial charge in [-0.05, 0) is 19.1 Å². The topological polar surface area (TPSA) is 40.5 Å². The zero-order chi connectivity index (χ0) is 10.9. The summed E-state index contributed by atoms with van der Waals surface area (Å²) in [6.45, 7) is 3.65. The average Bonchev–Trinajstić information content (AvgIpc) is 2.65. The number of rotatable bonds is 2. The molecule has 1 atom stereocenters. The first-order valence-corrected chi connectivity index (χ1v) is 5.50. The van der Waals surface area contributed by atoms with Crippen LogP contribution in [-0.4, -0.2) is 28.0 Å². The average molecular weight is 208 g/mol. The van der Waals surface area contributed by atoms with Crippen molar-refractivity contribution in [1.29, 1.82) is 0 Å². The third kappa shape index (κ3) is 1.98. The summed E-state index contributed by atoms with van der Waals surface area (Å²) < 4.78 is 0.115. The fourth-order valence-corrected chi connectivity index (χ4v) is 2.33. The summed E-state index contributed by atoms with van der Waals surface area (Å²) in [5.41, 5.74) is 0.999. The smallest absolute Gasteiger partial charge is 0.142 e. The lowest BCUT2D eigenvalue weighted by Gasteiger charge is -2.31. The number of likely N-dealkylation sites (tertiary alicyclic amines) is 1. The van der Waals surface area contributed by atoms with E-state index in [1.807, 2.05) is 19.1 Å². The highest BCUT2D eigenvalue weighted by Crippen LogP contribution is 2.32. The molecule has 1 aliphatic heterocycles. The molecule has 1 saturated heterocycles.